The van der Waals surface area contributed by atoms with Gasteiger partial charge in [0.25, 0.3) is 0 Å². The van der Waals surface area contributed by atoms with Crippen LogP contribution in [0.25, 0.3) is 0 Å². The standard InChI is InChI=1S/C77H142O6/c1-4-7-10-13-16-19-22-24-26-28-30-32-34-36-37-38-39-40-41-42-44-45-47-49-51-53-55-58-61-64-67-70-76(79)82-73-74(72-81-75(78)69-66-63-60-57-21-18-15-12-9-6-3)83-77(80)71-68-65-62-59-56-54-52-50-48-46-43-35-33-31-29-27-25-23-20-17-14-11-8-5-2/h7,10,16,19,24,26,30,32,74H,4-6,8-9,11-15,17-18,20-23,25,27-29,31,33-73H2,1-3H3/b10-7-,19-16-,26-24-,32-30-. The molecule has 0 aliphatic rings. The molecule has 0 bridgehead atoms. The second-order valence-corrected chi connectivity index (χ2v) is 25.2. The number of hydrogen-bond acceptors (Lipinski definition) is 6. The molecule has 6 heteroatoms. The van der Waals surface area contributed by atoms with E-state index in [9.17, 15) is 14.4 Å². The Labute approximate surface area is 518 Å². The van der Waals surface area contributed by atoms with Crippen molar-refractivity contribution in [2.75, 3.05) is 13.2 Å². The molecule has 0 aliphatic carbocycles. The second kappa shape index (κ2) is 71.8. The topological polar surface area (TPSA) is 78.9 Å². The van der Waals surface area contributed by atoms with Crippen molar-refractivity contribution < 1.29 is 28.6 Å². The molecule has 0 aromatic rings. The van der Waals surface area contributed by atoms with E-state index >= 15 is 0 Å². The first-order chi connectivity index (χ1) is 41.0. The van der Waals surface area contributed by atoms with Crippen LogP contribution in [0.4, 0.5) is 0 Å². The summed E-state index contributed by atoms with van der Waals surface area (Å²) in [6.45, 7) is 6.59. The minimum absolute atomic E-state index is 0.0651. The number of ether oxygens (including phenoxy) is 3. The van der Waals surface area contributed by atoms with Gasteiger partial charge in [-0.2, -0.15) is 0 Å². The third kappa shape index (κ3) is 70.0. The van der Waals surface area contributed by atoms with Crippen LogP contribution in [-0.4, -0.2) is 37.2 Å². The second-order valence-electron chi connectivity index (χ2n) is 25.2. The summed E-state index contributed by atoms with van der Waals surface area (Å²) >= 11 is 0. The van der Waals surface area contributed by atoms with Crippen LogP contribution < -0.4 is 0 Å². The Hall–Kier alpha value is -2.63. The highest BCUT2D eigenvalue weighted by molar-refractivity contribution is 5.71. The molecule has 0 heterocycles. The average Bonchev–Trinajstić information content (AvgIpc) is 3.48. The van der Waals surface area contributed by atoms with Crippen LogP contribution in [0.5, 0.6) is 0 Å². The molecular weight excluding hydrogens is 1020 g/mol. The number of hydrogen-bond donors (Lipinski definition) is 0. The Kier molecular flexibility index (Phi) is 69.6. The van der Waals surface area contributed by atoms with Gasteiger partial charge in [-0.3, -0.25) is 14.4 Å². The molecule has 0 amide bonds. The lowest BCUT2D eigenvalue weighted by molar-refractivity contribution is -0.167. The van der Waals surface area contributed by atoms with Crippen molar-refractivity contribution in [2.45, 2.75) is 412 Å². The minimum atomic E-state index is -0.768. The van der Waals surface area contributed by atoms with Gasteiger partial charge >= 0.3 is 17.9 Å². The van der Waals surface area contributed by atoms with Crippen LogP contribution in [0.15, 0.2) is 48.6 Å². The van der Waals surface area contributed by atoms with E-state index in [2.05, 4.69) is 69.4 Å². The van der Waals surface area contributed by atoms with E-state index in [1.807, 2.05) is 0 Å². The van der Waals surface area contributed by atoms with Crippen LogP contribution in [0.3, 0.4) is 0 Å². The maximum absolute atomic E-state index is 12.9. The summed E-state index contributed by atoms with van der Waals surface area (Å²) in [7, 11) is 0. The van der Waals surface area contributed by atoms with Crippen molar-refractivity contribution in [1.29, 1.82) is 0 Å². The zero-order valence-corrected chi connectivity index (χ0v) is 56.0. The Morgan fingerprint density at radius 2 is 0.470 bits per heavy atom. The molecule has 83 heavy (non-hydrogen) atoms. The van der Waals surface area contributed by atoms with Crippen LogP contribution in [0, 0.1) is 0 Å². The monoisotopic (exact) mass is 1160 g/mol. The van der Waals surface area contributed by atoms with E-state index in [4.69, 9.17) is 14.2 Å². The lowest BCUT2D eigenvalue weighted by Gasteiger charge is -2.18. The quantitative estimate of drug-likeness (QED) is 0.0261. The third-order valence-corrected chi connectivity index (χ3v) is 16.8. The Morgan fingerprint density at radius 3 is 0.735 bits per heavy atom. The summed E-state index contributed by atoms with van der Waals surface area (Å²) in [6.07, 6.45) is 91.7. The summed E-state index contributed by atoms with van der Waals surface area (Å²) in [6, 6.07) is 0. The third-order valence-electron chi connectivity index (χ3n) is 16.8. The lowest BCUT2D eigenvalue weighted by atomic mass is 10.0. The number of rotatable bonds is 69. The zero-order valence-electron chi connectivity index (χ0n) is 56.0. The van der Waals surface area contributed by atoms with E-state index in [1.54, 1.807) is 0 Å². The van der Waals surface area contributed by atoms with Crippen molar-refractivity contribution in [3.63, 3.8) is 0 Å². The van der Waals surface area contributed by atoms with Gasteiger partial charge in [-0.25, -0.2) is 0 Å². The van der Waals surface area contributed by atoms with Gasteiger partial charge in [0.05, 0.1) is 0 Å². The summed E-state index contributed by atoms with van der Waals surface area (Å²) in [5.74, 6) is -0.835. The molecule has 0 spiro atoms. The molecule has 486 valence electrons. The Bertz CT molecular complexity index is 1430. The predicted octanol–water partition coefficient (Wildman–Crippen LogP) is 25.7. The van der Waals surface area contributed by atoms with Crippen molar-refractivity contribution in [3.05, 3.63) is 48.6 Å². The highest BCUT2D eigenvalue weighted by atomic mass is 16.6. The fourth-order valence-corrected chi connectivity index (χ4v) is 11.3. The molecule has 0 saturated carbocycles. The molecule has 6 nitrogen and oxygen atoms in total. The van der Waals surface area contributed by atoms with Gasteiger partial charge in [-0.1, -0.05) is 378 Å². The molecule has 0 radical (unpaired) electrons. The van der Waals surface area contributed by atoms with Crippen LogP contribution in [0.1, 0.15) is 406 Å². The molecule has 0 fully saturated rings. The number of unbranched alkanes of at least 4 members (excludes halogenated alkanes) is 50. The van der Waals surface area contributed by atoms with Gasteiger partial charge < -0.3 is 14.2 Å². The minimum Gasteiger partial charge on any atom is -0.462 e. The fraction of sp³-hybridized carbons (Fsp3) is 0.857. The molecule has 1 atom stereocenters. The summed E-state index contributed by atoms with van der Waals surface area (Å²) < 4.78 is 17.0. The maximum atomic E-state index is 12.9. The molecule has 1 unspecified atom stereocenters. The smallest absolute Gasteiger partial charge is 0.306 e. The lowest BCUT2D eigenvalue weighted by Crippen LogP contribution is -2.30. The van der Waals surface area contributed by atoms with Gasteiger partial charge in [0.2, 0.25) is 0 Å². The first-order valence-electron chi connectivity index (χ1n) is 37.1. The molecule has 0 aromatic heterocycles. The molecule has 0 rings (SSSR count). The number of esters is 3. The normalized spacial score (nSPS) is 12.3. The van der Waals surface area contributed by atoms with E-state index < -0.39 is 6.10 Å². The van der Waals surface area contributed by atoms with Gasteiger partial charge in [0, 0.05) is 19.3 Å². The van der Waals surface area contributed by atoms with Crippen molar-refractivity contribution in [2.24, 2.45) is 0 Å². The first-order valence-corrected chi connectivity index (χ1v) is 37.1. The van der Waals surface area contributed by atoms with E-state index in [0.29, 0.717) is 19.3 Å². The molecule has 0 aromatic carbocycles. The SMILES string of the molecule is CC/C=C\C/C=C\C/C=C\C/C=C\CCCCCCCCCCCCCCCCCCCCC(=O)OCC(COC(=O)CCCCCCCCCCCC)OC(=O)CCCCCCCCCCCCCCCCCCCCCCCCCC. The van der Waals surface area contributed by atoms with Crippen LogP contribution in [0.2, 0.25) is 0 Å². The van der Waals surface area contributed by atoms with E-state index in [1.165, 1.54) is 283 Å². The number of carbonyl (C=O) groups is 3. The van der Waals surface area contributed by atoms with E-state index in [0.717, 1.165) is 83.5 Å². The highest BCUT2D eigenvalue weighted by Crippen LogP contribution is 2.19. The van der Waals surface area contributed by atoms with Gasteiger partial charge in [-0.05, 0) is 57.8 Å². The Balaban J connectivity index is 4.09. The number of allylic oxidation sites excluding steroid dienone is 8. The first kappa shape index (κ1) is 80.4. The summed E-state index contributed by atoms with van der Waals surface area (Å²) in [4.78, 5) is 38.4. The molecular formula is C77H142O6. The number of carbonyl (C=O) groups excluding carboxylic acids is 3. The summed E-state index contributed by atoms with van der Waals surface area (Å²) in [5.41, 5.74) is 0. The maximum Gasteiger partial charge on any atom is 0.306 e. The van der Waals surface area contributed by atoms with Gasteiger partial charge in [0.15, 0.2) is 6.10 Å². The molecule has 0 saturated heterocycles. The zero-order chi connectivity index (χ0) is 59.9. The highest BCUT2D eigenvalue weighted by Gasteiger charge is 2.20. The predicted molar refractivity (Wildman–Crippen MR) is 362 cm³/mol. The van der Waals surface area contributed by atoms with E-state index in [-0.39, 0.29) is 31.1 Å². The Morgan fingerprint density at radius 1 is 0.253 bits per heavy atom. The van der Waals surface area contributed by atoms with Gasteiger partial charge in [0.1, 0.15) is 13.2 Å². The van der Waals surface area contributed by atoms with Crippen molar-refractivity contribution in [3.8, 4) is 0 Å². The van der Waals surface area contributed by atoms with Gasteiger partial charge in [-0.15, -0.1) is 0 Å². The molecule has 0 N–H and O–H groups in total. The van der Waals surface area contributed by atoms with Crippen LogP contribution >= 0.6 is 0 Å². The molecule has 0 aliphatic heterocycles. The van der Waals surface area contributed by atoms with Crippen LogP contribution in [-0.2, 0) is 28.6 Å². The summed E-state index contributed by atoms with van der Waals surface area (Å²) in [5, 5.41) is 0. The fourth-order valence-electron chi connectivity index (χ4n) is 11.3. The van der Waals surface area contributed by atoms with Crippen molar-refractivity contribution >= 4 is 17.9 Å². The average molecular weight is 1160 g/mol. The van der Waals surface area contributed by atoms with Crippen molar-refractivity contribution in [1.82, 2.24) is 0 Å². The largest absolute Gasteiger partial charge is 0.462 e.